The Balaban J connectivity index is 2.76. The van der Waals surface area contributed by atoms with Crippen LogP contribution in [0.1, 0.15) is 11.3 Å². The van der Waals surface area contributed by atoms with E-state index in [1.54, 1.807) is 0 Å². The summed E-state index contributed by atoms with van der Waals surface area (Å²) < 4.78 is 1.89. The molecule has 1 aromatic carbocycles. The molecule has 0 aliphatic heterocycles. The Morgan fingerprint density at radius 1 is 1.46 bits per heavy atom. The van der Waals surface area contributed by atoms with Crippen LogP contribution in [0.5, 0.6) is 0 Å². The predicted octanol–water partition coefficient (Wildman–Crippen LogP) is 1.34. The molecule has 0 saturated heterocycles. The molecule has 0 atom stereocenters. The summed E-state index contributed by atoms with van der Waals surface area (Å²) in [6.45, 7) is 2.60. The number of hydrogen-bond donors (Lipinski definition) is 1. The second-order valence-corrected chi connectivity index (χ2v) is 3.26. The summed E-state index contributed by atoms with van der Waals surface area (Å²) in [5.74, 6) is 0. The summed E-state index contributed by atoms with van der Waals surface area (Å²) in [6.07, 6.45) is 0. The van der Waals surface area contributed by atoms with Crippen LogP contribution in [0, 0.1) is 6.92 Å². The molecule has 1 heterocycles. The van der Waals surface area contributed by atoms with Crippen molar-refractivity contribution in [3.8, 4) is 0 Å². The van der Waals surface area contributed by atoms with Crippen molar-refractivity contribution in [1.82, 2.24) is 9.78 Å². The van der Waals surface area contributed by atoms with Gasteiger partial charge in [-0.2, -0.15) is 5.10 Å². The fourth-order valence-electron chi connectivity index (χ4n) is 1.61. The molecule has 2 rings (SSSR count). The van der Waals surface area contributed by atoms with Gasteiger partial charge in [-0.05, 0) is 24.6 Å². The second kappa shape index (κ2) is 2.85. The highest BCUT2D eigenvalue weighted by atomic mass is 15.3. The lowest BCUT2D eigenvalue weighted by molar-refractivity contribution is 0.783. The van der Waals surface area contributed by atoms with E-state index in [9.17, 15) is 0 Å². The first-order chi connectivity index (χ1) is 6.22. The van der Waals surface area contributed by atoms with Crippen LogP contribution < -0.4 is 5.73 Å². The van der Waals surface area contributed by atoms with Crippen molar-refractivity contribution < 1.29 is 0 Å². The van der Waals surface area contributed by atoms with Crippen LogP contribution >= 0.6 is 0 Å². The lowest BCUT2D eigenvalue weighted by Crippen LogP contribution is -1.95. The fourth-order valence-corrected chi connectivity index (χ4v) is 1.61. The summed E-state index contributed by atoms with van der Waals surface area (Å²) in [5, 5.41) is 5.54. The molecule has 0 saturated carbocycles. The van der Waals surface area contributed by atoms with Gasteiger partial charge in [-0.3, -0.25) is 4.68 Å². The highest BCUT2D eigenvalue weighted by Gasteiger charge is 2.04. The predicted molar refractivity (Wildman–Crippen MR) is 53.3 cm³/mol. The van der Waals surface area contributed by atoms with Gasteiger partial charge in [0.05, 0.1) is 11.2 Å². The van der Waals surface area contributed by atoms with E-state index in [-0.39, 0.29) is 0 Å². The molecule has 0 radical (unpaired) electrons. The van der Waals surface area contributed by atoms with Crippen LogP contribution in [0.3, 0.4) is 0 Å². The molecule has 2 aromatic rings. The maximum atomic E-state index is 5.57. The lowest BCUT2D eigenvalue weighted by Gasteiger charge is -1.97. The van der Waals surface area contributed by atoms with E-state index in [4.69, 9.17) is 5.73 Å². The third-order valence-corrected chi connectivity index (χ3v) is 2.34. The summed E-state index contributed by atoms with van der Waals surface area (Å²) in [4.78, 5) is 0. The number of rotatable bonds is 1. The zero-order valence-electron chi connectivity index (χ0n) is 7.91. The number of nitrogens with two attached hydrogens (primary N) is 1. The number of aromatic nitrogens is 2. The van der Waals surface area contributed by atoms with E-state index in [1.807, 2.05) is 24.7 Å². The number of fused-ring (bicyclic) bond motifs is 1. The van der Waals surface area contributed by atoms with Gasteiger partial charge in [0.1, 0.15) is 0 Å². The fraction of sp³-hybridized carbons (Fsp3) is 0.300. The van der Waals surface area contributed by atoms with Crippen LogP contribution in [-0.4, -0.2) is 9.78 Å². The molecule has 0 aliphatic carbocycles. The van der Waals surface area contributed by atoms with Gasteiger partial charge >= 0.3 is 0 Å². The van der Waals surface area contributed by atoms with Crippen molar-refractivity contribution in [3.05, 3.63) is 29.5 Å². The van der Waals surface area contributed by atoms with E-state index in [2.05, 4.69) is 17.2 Å². The number of benzene rings is 1. The van der Waals surface area contributed by atoms with Crippen molar-refractivity contribution in [2.75, 3.05) is 0 Å². The molecule has 1 aromatic heterocycles. The SMILES string of the molecule is Cc1nn(C)c2ccc(CN)cc12. The zero-order valence-corrected chi connectivity index (χ0v) is 7.91. The molecule has 13 heavy (non-hydrogen) atoms. The normalized spacial score (nSPS) is 11.0. The molecule has 0 fully saturated rings. The van der Waals surface area contributed by atoms with Gasteiger partial charge in [0.25, 0.3) is 0 Å². The minimum atomic E-state index is 0.588. The van der Waals surface area contributed by atoms with Crippen LogP contribution in [-0.2, 0) is 13.6 Å². The second-order valence-electron chi connectivity index (χ2n) is 3.26. The number of aryl methyl sites for hydroxylation is 2. The average Bonchev–Trinajstić information content (AvgIpc) is 2.42. The van der Waals surface area contributed by atoms with Crippen LogP contribution in [0.4, 0.5) is 0 Å². The topological polar surface area (TPSA) is 43.8 Å². The van der Waals surface area contributed by atoms with Gasteiger partial charge < -0.3 is 5.73 Å². The van der Waals surface area contributed by atoms with Gasteiger partial charge in [0, 0.05) is 19.0 Å². The minimum Gasteiger partial charge on any atom is -0.326 e. The van der Waals surface area contributed by atoms with Crippen molar-refractivity contribution in [2.45, 2.75) is 13.5 Å². The van der Waals surface area contributed by atoms with E-state index in [1.165, 1.54) is 5.39 Å². The maximum absolute atomic E-state index is 5.57. The molecular weight excluding hydrogens is 162 g/mol. The van der Waals surface area contributed by atoms with Crippen LogP contribution in [0.25, 0.3) is 10.9 Å². The van der Waals surface area contributed by atoms with Crippen LogP contribution in [0.15, 0.2) is 18.2 Å². The van der Waals surface area contributed by atoms with Crippen molar-refractivity contribution >= 4 is 10.9 Å². The van der Waals surface area contributed by atoms with E-state index < -0.39 is 0 Å². The van der Waals surface area contributed by atoms with Gasteiger partial charge in [-0.1, -0.05) is 6.07 Å². The smallest absolute Gasteiger partial charge is 0.0682 e. The molecule has 0 aliphatic rings. The highest BCUT2D eigenvalue weighted by molar-refractivity contribution is 5.82. The molecule has 2 N–H and O–H groups in total. The lowest BCUT2D eigenvalue weighted by atomic mass is 10.1. The first-order valence-corrected chi connectivity index (χ1v) is 4.34. The quantitative estimate of drug-likeness (QED) is 0.710. The monoisotopic (exact) mass is 175 g/mol. The first-order valence-electron chi connectivity index (χ1n) is 4.34. The largest absolute Gasteiger partial charge is 0.326 e. The first kappa shape index (κ1) is 8.26. The Kier molecular flexibility index (Phi) is 1.81. The van der Waals surface area contributed by atoms with E-state index in [0.29, 0.717) is 6.54 Å². The van der Waals surface area contributed by atoms with Gasteiger partial charge in [-0.25, -0.2) is 0 Å². The Bertz CT molecular complexity index is 443. The Morgan fingerprint density at radius 2 is 2.23 bits per heavy atom. The summed E-state index contributed by atoms with van der Waals surface area (Å²) in [6, 6.07) is 6.22. The van der Waals surface area contributed by atoms with Crippen molar-refractivity contribution in [3.63, 3.8) is 0 Å². The van der Waals surface area contributed by atoms with Gasteiger partial charge in [0.2, 0.25) is 0 Å². The maximum Gasteiger partial charge on any atom is 0.0682 e. The van der Waals surface area contributed by atoms with E-state index >= 15 is 0 Å². The molecular formula is C10H13N3. The average molecular weight is 175 g/mol. The minimum absolute atomic E-state index is 0.588. The standard InChI is InChI=1S/C10H13N3/c1-7-9-5-8(6-11)3-4-10(9)13(2)12-7/h3-5H,6,11H2,1-2H3. The van der Waals surface area contributed by atoms with Crippen LogP contribution in [0.2, 0.25) is 0 Å². The van der Waals surface area contributed by atoms with Crippen molar-refractivity contribution in [2.24, 2.45) is 12.8 Å². The molecule has 3 heteroatoms. The summed E-state index contributed by atoms with van der Waals surface area (Å²) >= 11 is 0. The zero-order chi connectivity index (χ0) is 9.42. The Labute approximate surface area is 77.2 Å². The summed E-state index contributed by atoms with van der Waals surface area (Å²) in [5.41, 5.74) is 8.95. The third kappa shape index (κ3) is 1.21. The molecule has 0 bridgehead atoms. The highest BCUT2D eigenvalue weighted by Crippen LogP contribution is 2.18. The third-order valence-electron chi connectivity index (χ3n) is 2.34. The van der Waals surface area contributed by atoms with Gasteiger partial charge in [-0.15, -0.1) is 0 Å². The molecule has 68 valence electrons. The molecule has 0 spiro atoms. The number of nitrogens with zero attached hydrogens (tertiary/aromatic N) is 2. The Morgan fingerprint density at radius 3 is 2.92 bits per heavy atom. The van der Waals surface area contributed by atoms with E-state index in [0.717, 1.165) is 16.8 Å². The number of hydrogen-bond acceptors (Lipinski definition) is 2. The molecule has 3 nitrogen and oxygen atoms in total. The Hall–Kier alpha value is -1.35. The molecule has 0 unspecified atom stereocenters. The summed E-state index contributed by atoms with van der Waals surface area (Å²) in [7, 11) is 1.96. The molecule has 0 amide bonds. The van der Waals surface area contributed by atoms with Crippen molar-refractivity contribution in [1.29, 1.82) is 0 Å². The van der Waals surface area contributed by atoms with Gasteiger partial charge in [0.15, 0.2) is 0 Å².